The number of nitrogens with zero attached hydrogens (tertiary/aromatic N) is 1. The number of likely N-dealkylation sites (N-methyl/N-ethyl adjacent to an activating group) is 1. The Morgan fingerprint density at radius 3 is 2.42 bits per heavy atom. The molecule has 12 heavy (non-hydrogen) atoms. The van der Waals surface area contributed by atoms with Crippen molar-refractivity contribution in [2.75, 3.05) is 13.6 Å². The number of likely N-dealkylation sites (tertiary alicyclic amines) is 1. The lowest BCUT2D eigenvalue weighted by molar-refractivity contribution is -0.148. The molecule has 0 bridgehead atoms. The molecule has 66 valence electrons. The van der Waals surface area contributed by atoms with Crippen LogP contribution < -0.4 is 5.32 Å². The fourth-order valence-electron chi connectivity index (χ4n) is 2.13. The van der Waals surface area contributed by atoms with Gasteiger partial charge in [0, 0.05) is 13.5 Å². The van der Waals surface area contributed by atoms with E-state index >= 15 is 0 Å². The maximum atomic E-state index is 11.3. The van der Waals surface area contributed by atoms with E-state index in [1.807, 2.05) is 6.92 Å². The van der Waals surface area contributed by atoms with Crippen LogP contribution in [0.1, 0.15) is 13.3 Å². The number of amides is 2. The number of carbonyl (C=O) groups excluding carboxylic acids is 2. The van der Waals surface area contributed by atoms with Crippen molar-refractivity contribution in [1.29, 1.82) is 0 Å². The van der Waals surface area contributed by atoms with Crippen LogP contribution >= 0.6 is 0 Å². The lowest BCUT2D eigenvalue weighted by Crippen LogP contribution is -2.72. The maximum Gasteiger partial charge on any atom is 0.248 e. The number of nitrogens with one attached hydrogen (secondary N) is 1. The molecule has 0 aliphatic carbocycles. The summed E-state index contributed by atoms with van der Waals surface area (Å²) in [5.74, 6) is 0.240. The molecule has 1 N–H and O–H groups in total. The summed E-state index contributed by atoms with van der Waals surface area (Å²) in [6.45, 7) is 2.58. The summed E-state index contributed by atoms with van der Waals surface area (Å²) >= 11 is 0. The minimum absolute atomic E-state index is 0.00310. The third-order valence-electron chi connectivity index (χ3n) is 3.18. The molecule has 2 rings (SSSR count). The monoisotopic (exact) mass is 168 g/mol. The van der Waals surface area contributed by atoms with E-state index in [9.17, 15) is 9.59 Å². The Bertz CT molecular complexity index is 264. The van der Waals surface area contributed by atoms with E-state index < -0.39 is 5.54 Å². The zero-order valence-corrected chi connectivity index (χ0v) is 7.26. The van der Waals surface area contributed by atoms with Gasteiger partial charge in [-0.15, -0.1) is 0 Å². The van der Waals surface area contributed by atoms with Crippen LogP contribution in [0.5, 0.6) is 0 Å². The van der Waals surface area contributed by atoms with E-state index in [1.165, 1.54) is 0 Å². The number of hydrogen-bond acceptors (Lipinski definition) is 2. The van der Waals surface area contributed by atoms with Gasteiger partial charge >= 0.3 is 0 Å². The Morgan fingerprint density at radius 2 is 2.25 bits per heavy atom. The molecule has 2 amide bonds. The van der Waals surface area contributed by atoms with Crippen LogP contribution in [0.2, 0.25) is 0 Å². The zero-order chi connectivity index (χ0) is 8.93. The van der Waals surface area contributed by atoms with Gasteiger partial charge < -0.3 is 10.2 Å². The Kier molecular flexibility index (Phi) is 1.26. The van der Waals surface area contributed by atoms with Crippen LogP contribution in [0.25, 0.3) is 0 Å². The Labute approximate surface area is 70.9 Å². The van der Waals surface area contributed by atoms with E-state index in [1.54, 1.807) is 11.9 Å². The highest BCUT2D eigenvalue weighted by molar-refractivity contribution is 5.99. The molecule has 0 aromatic rings. The van der Waals surface area contributed by atoms with E-state index in [0.29, 0.717) is 13.0 Å². The third kappa shape index (κ3) is 0.589. The van der Waals surface area contributed by atoms with Crippen LogP contribution in [0, 0.1) is 5.92 Å². The fraction of sp³-hybridized carbons (Fsp3) is 0.750. The normalized spacial score (nSPS) is 40.2. The molecule has 2 unspecified atom stereocenters. The van der Waals surface area contributed by atoms with E-state index in [-0.39, 0.29) is 17.7 Å². The predicted molar refractivity (Wildman–Crippen MR) is 42.3 cm³/mol. The summed E-state index contributed by atoms with van der Waals surface area (Å²) < 4.78 is 0. The van der Waals surface area contributed by atoms with Crippen molar-refractivity contribution in [2.45, 2.75) is 18.9 Å². The fourth-order valence-corrected chi connectivity index (χ4v) is 2.13. The molecule has 0 saturated carbocycles. The molecule has 2 aliphatic heterocycles. The topological polar surface area (TPSA) is 49.4 Å². The molecule has 0 aromatic carbocycles. The van der Waals surface area contributed by atoms with Crippen molar-refractivity contribution in [3.63, 3.8) is 0 Å². The second-order valence-corrected chi connectivity index (χ2v) is 3.66. The molecule has 2 saturated heterocycles. The van der Waals surface area contributed by atoms with E-state index in [2.05, 4.69) is 5.32 Å². The van der Waals surface area contributed by atoms with Gasteiger partial charge in [-0.25, -0.2) is 0 Å². The second kappa shape index (κ2) is 2.00. The highest BCUT2D eigenvalue weighted by atomic mass is 16.2. The second-order valence-electron chi connectivity index (χ2n) is 3.66. The Morgan fingerprint density at radius 1 is 1.58 bits per heavy atom. The first-order valence-electron chi connectivity index (χ1n) is 4.14. The SMILES string of the molecule is CC1CC(=O)N(C)C12CNC2=O. The summed E-state index contributed by atoms with van der Waals surface area (Å²) in [5.41, 5.74) is -0.503. The molecule has 4 heteroatoms. The highest BCUT2D eigenvalue weighted by Gasteiger charge is 2.59. The first-order chi connectivity index (χ1) is 5.59. The van der Waals surface area contributed by atoms with Gasteiger partial charge in [0.2, 0.25) is 11.8 Å². The first kappa shape index (κ1) is 7.58. The van der Waals surface area contributed by atoms with Gasteiger partial charge in [0.1, 0.15) is 5.54 Å². The number of hydrogen-bond donors (Lipinski definition) is 1. The third-order valence-corrected chi connectivity index (χ3v) is 3.18. The van der Waals surface area contributed by atoms with Gasteiger partial charge in [-0.3, -0.25) is 9.59 Å². The highest BCUT2D eigenvalue weighted by Crippen LogP contribution is 2.38. The number of rotatable bonds is 0. The number of carbonyl (C=O) groups is 2. The molecule has 0 aromatic heterocycles. The molecule has 2 heterocycles. The van der Waals surface area contributed by atoms with Crippen molar-refractivity contribution in [3.05, 3.63) is 0 Å². The molecule has 2 aliphatic rings. The van der Waals surface area contributed by atoms with Gasteiger partial charge in [-0.05, 0) is 5.92 Å². The largest absolute Gasteiger partial charge is 0.351 e. The van der Waals surface area contributed by atoms with Gasteiger partial charge in [0.05, 0.1) is 6.54 Å². The van der Waals surface area contributed by atoms with Crippen molar-refractivity contribution >= 4 is 11.8 Å². The Balaban J connectivity index is 2.35. The summed E-state index contributed by atoms with van der Waals surface area (Å²) in [4.78, 5) is 24.2. The van der Waals surface area contributed by atoms with Crippen LogP contribution in [0.3, 0.4) is 0 Å². The van der Waals surface area contributed by atoms with Gasteiger partial charge in [-0.2, -0.15) is 0 Å². The zero-order valence-electron chi connectivity index (χ0n) is 7.26. The minimum atomic E-state index is -0.503. The van der Waals surface area contributed by atoms with Crippen molar-refractivity contribution in [2.24, 2.45) is 5.92 Å². The molecule has 2 atom stereocenters. The van der Waals surface area contributed by atoms with Crippen LogP contribution in [0.15, 0.2) is 0 Å². The summed E-state index contributed by atoms with van der Waals surface area (Å²) in [6.07, 6.45) is 0.504. The van der Waals surface area contributed by atoms with Gasteiger partial charge in [-0.1, -0.05) is 6.92 Å². The Hall–Kier alpha value is -1.06. The smallest absolute Gasteiger partial charge is 0.248 e. The van der Waals surface area contributed by atoms with E-state index in [4.69, 9.17) is 0 Å². The molecule has 4 nitrogen and oxygen atoms in total. The lowest BCUT2D eigenvalue weighted by Gasteiger charge is -2.45. The van der Waals surface area contributed by atoms with Gasteiger partial charge in [0.15, 0.2) is 0 Å². The van der Waals surface area contributed by atoms with Crippen molar-refractivity contribution in [3.8, 4) is 0 Å². The van der Waals surface area contributed by atoms with Gasteiger partial charge in [0.25, 0.3) is 0 Å². The molecule has 2 fully saturated rings. The summed E-state index contributed by atoms with van der Waals surface area (Å²) in [6, 6.07) is 0. The van der Waals surface area contributed by atoms with Crippen LogP contribution in [0.4, 0.5) is 0 Å². The predicted octanol–water partition coefficient (Wildman–Crippen LogP) is -0.647. The summed E-state index contributed by atoms with van der Waals surface area (Å²) in [5, 5.41) is 2.69. The lowest BCUT2D eigenvalue weighted by atomic mass is 9.80. The molecular formula is C8H12N2O2. The minimum Gasteiger partial charge on any atom is -0.351 e. The molecular weight excluding hydrogens is 156 g/mol. The van der Waals surface area contributed by atoms with Crippen LogP contribution in [-0.2, 0) is 9.59 Å². The van der Waals surface area contributed by atoms with Crippen molar-refractivity contribution in [1.82, 2.24) is 10.2 Å². The van der Waals surface area contributed by atoms with Crippen LogP contribution in [-0.4, -0.2) is 35.8 Å². The maximum absolute atomic E-state index is 11.3. The molecule has 0 radical (unpaired) electrons. The number of β-lactam (4-membered cyclic amide) rings is 1. The summed E-state index contributed by atoms with van der Waals surface area (Å²) in [7, 11) is 1.71. The average molecular weight is 168 g/mol. The average Bonchev–Trinajstić information content (AvgIpc) is 2.23. The molecule has 1 spiro atoms. The standard InChI is InChI=1S/C8H12N2O2/c1-5-3-6(11)10(2)8(5)4-9-7(8)12/h5H,3-4H2,1-2H3,(H,9,12). The quantitative estimate of drug-likeness (QED) is 0.489. The first-order valence-corrected chi connectivity index (χ1v) is 4.14. The van der Waals surface area contributed by atoms with E-state index in [0.717, 1.165) is 0 Å². The van der Waals surface area contributed by atoms with Crippen molar-refractivity contribution < 1.29 is 9.59 Å².